The van der Waals surface area contributed by atoms with Gasteiger partial charge in [0.2, 0.25) is 0 Å². The summed E-state index contributed by atoms with van der Waals surface area (Å²) in [5.74, 6) is -1.16. The van der Waals surface area contributed by atoms with Crippen molar-refractivity contribution in [1.82, 2.24) is 0 Å². The summed E-state index contributed by atoms with van der Waals surface area (Å²) in [6.07, 6.45) is 1.40. The van der Waals surface area contributed by atoms with E-state index < -0.39 is 44.0 Å². The van der Waals surface area contributed by atoms with Gasteiger partial charge in [-0.05, 0) is 12.5 Å². The van der Waals surface area contributed by atoms with E-state index in [1.54, 1.807) is 0 Å². The lowest BCUT2D eigenvalue weighted by Gasteiger charge is -2.15. The van der Waals surface area contributed by atoms with E-state index in [4.69, 9.17) is 5.11 Å². The van der Waals surface area contributed by atoms with E-state index >= 15 is 0 Å². The van der Waals surface area contributed by atoms with Crippen LogP contribution < -0.4 is 5.32 Å². The quantitative estimate of drug-likeness (QED) is 0.531. The Labute approximate surface area is 126 Å². The van der Waals surface area contributed by atoms with Gasteiger partial charge in [0.05, 0.1) is 15.9 Å². The topological polar surface area (TPSA) is 153 Å². The number of non-ortho nitro benzene ring substituents is 1. The van der Waals surface area contributed by atoms with Gasteiger partial charge in [0.1, 0.15) is 11.7 Å². The summed E-state index contributed by atoms with van der Waals surface area (Å²) in [6, 6.07) is 1.67. The molecule has 2 atom stereocenters. The molecule has 0 aliphatic rings. The molecule has 1 aromatic carbocycles. The Morgan fingerprint density at radius 3 is 2.45 bits per heavy atom. The Morgan fingerprint density at radius 2 is 2.00 bits per heavy atom. The lowest BCUT2D eigenvalue weighted by Crippen LogP contribution is -2.31. The van der Waals surface area contributed by atoms with E-state index in [1.165, 1.54) is 6.26 Å². The first-order valence-corrected chi connectivity index (χ1v) is 7.67. The first-order valence-electron chi connectivity index (χ1n) is 5.94. The first kappa shape index (κ1) is 17.5. The molecule has 0 heterocycles. The first-order chi connectivity index (χ1) is 10.2. The zero-order valence-electron chi connectivity index (χ0n) is 11.4. The van der Waals surface area contributed by atoms with E-state index in [2.05, 4.69) is 5.32 Å². The van der Waals surface area contributed by atoms with Gasteiger partial charge in [0.15, 0.2) is 0 Å². The molecule has 0 fully saturated rings. The monoisotopic (exact) mass is 331 g/mol. The summed E-state index contributed by atoms with van der Waals surface area (Å²) < 4.78 is 11.0. The lowest BCUT2D eigenvalue weighted by molar-refractivity contribution is -0.393. The Morgan fingerprint density at radius 1 is 1.36 bits per heavy atom. The molecule has 0 aliphatic heterocycles. The van der Waals surface area contributed by atoms with Crippen molar-refractivity contribution in [1.29, 1.82) is 0 Å². The van der Waals surface area contributed by atoms with Gasteiger partial charge >= 0.3 is 5.97 Å². The fraction of sp³-hybridized carbons (Fsp3) is 0.364. The molecule has 1 aromatic rings. The Hall–Kier alpha value is -2.56. The van der Waals surface area contributed by atoms with Crippen molar-refractivity contribution in [3.05, 3.63) is 38.4 Å². The van der Waals surface area contributed by atoms with Crippen LogP contribution in [0.25, 0.3) is 0 Å². The standard InChI is InChI=1S/C11H13N3O7S/c1-22(21)5-4-9(11(15)16)12-8-3-2-7(13(17)18)6-10(8)14(19)20/h2-3,6,9,12H,4-5H2,1H3,(H,15,16)/t9-,22?/m0/s1. The minimum absolute atomic E-state index is 0.00735. The van der Waals surface area contributed by atoms with Crippen LogP contribution in [0.4, 0.5) is 17.1 Å². The fourth-order valence-corrected chi connectivity index (χ4v) is 2.20. The van der Waals surface area contributed by atoms with Crippen molar-refractivity contribution >= 4 is 33.8 Å². The number of carboxylic acids is 1. The second-order valence-corrected chi connectivity index (χ2v) is 5.87. The number of aliphatic carboxylic acids is 1. The molecule has 10 nitrogen and oxygen atoms in total. The van der Waals surface area contributed by atoms with Crippen molar-refractivity contribution < 1.29 is 24.0 Å². The number of nitro benzene ring substituents is 2. The molecule has 11 heteroatoms. The van der Waals surface area contributed by atoms with E-state index in [9.17, 15) is 29.2 Å². The number of nitrogens with one attached hydrogen (secondary N) is 1. The second-order valence-electron chi connectivity index (χ2n) is 4.32. The van der Waals surface area contributed by atoms with Gasteiger partial charge in [0.25, 0.3) is 11.4 Å². The highest BCUT2D eigenvalue weighted by Crippen LogP contribution is 2.29. The van der Waals surface area contributed by atoms with Crippen LogP contribution in [-0.2, 0) is 15.6 Å². The average Bonchev–Trinajstić information content (AvgIpc) is 2.42. The third kappa shape index (κ3) is 4.77. The molecule has 120 valence electrons. The Balaban J connectivity index is 3.08. The average molecular weight is 331 g/mol. The molecule has 0 saturated heterocycles. The maximum Gasteiger partial charge on any atom is 0.326 e. The highest BCUT2D eigenvalue weighted by molar-refractivity contribution is 7.84. The summed E-state index contributed by atoms with van der Waals surface area (Å²) in [6.45, 7) is 0. The SMILES string of the molecule is CS(=O)CC[C@H](Nc1ccc([N+](=O)[O-])cc1[N+](=O)[O-])C(=O)O. The van der Waals surface area contributed by atoms with Crippen molar-refractivity contribution in [3.63, 3.8) is 0 Å². The van der Waals surface area contributed by atoms with Gasteiger partial charge in [-0.25, -0.2) is 4.79 Å². The molecule has 0 spiro atoms. The van der Waals surface area contributed by atoms with Gasteiger partial charge in [-0.1, -0.05) is 0 Å². The zero-order chi connectivity index (χ0) is 16.9. The molecule has 1 rings (SSSR count). The summed E-state index contributed by atoms with van der Waals surface area (Å²) >= 11 is 0. The van der Waals surface area contributed by atoms with Gasteiger partial charge < -0.3 is 10.4 Å². The molecule has 2 N–H and O–H groups in total. The smallest absolute Gasteiger partial charge is 0.326 e. The number of nitro groups is 2. The number of nitrogens with zero attached hydrogens (tertiary/aromatic N) is 2. The van der Waals surface area contributed by atoms with Crippen molar-refractivity contribution in [2.24, 2.45) is 0 Å². The van der Waals surface area contributed by atoms with E-state index in [1.807, 2.05) is 0 Å². The summed E-state index contributed by atoms with van der Waals surface area (Å²) in [5, 5.41) is 33.1. The van der Waals surface area contributed by atoms with Crippen LogP contribution in [0.2, 0.25) is 0 Å². The molecule has 22 heavy (non-hydrogen) atoms. The Kier molecular flexibility index (Phi) is 5.92. The van der Waals surface area contributed by atoms with Gasteiger partial charge in [0, 0.05) is 28.9 Å². The fourth-order valence-electron chi connectivity index (χ4n) is 1.64. The van der Waals surface area contributed by atoms with E-state index in [0.717, 1.165) is 18.2 Å². The third-order valence-corrected chi connectivity index (χ3v) is 3.52. The number of hydrogen-bond acceptors (Lipinski definition) is 7. The van der Waals surface area contributed by atoms with Crippen LogP contribution >= 0.6 is 0 Å². The maximum atomic E-state index is 11.1. The van der Waals surface area contributed by atoms with Crippen LogP contribution in [0.3, 0.4) is 0 Å². The number of hydrogen-bond donors (Lipinski definition) is 2. The van der Waals surface area contributed by atoms with Crippen molar-refractivity contribution in [3.8, 4) is 0 Å². The highest BCUT2D eigenvalue weighted by atomic mass is 32.2. The molecular formula is C11H13N3O7S. The zero-order valence-corrected chi connectivity index (χ0v) is 12.2. The second kappa shape index (κ2) is 7.45. The van der Waals surface area contributed by atoms with Crippen molar-refractivity contribution in [2.45, 2.75) is 12.5 Å². The van der Waals surface area contributed by atoms with Crippen LogP contribution in [-0.4, -0.2) is 43.2 Å². The van der Waals surface area contributed by atoms with Gasteiger partial charge in [-0.2, -0.15) is 0 Å². The molecule has 1 unspecified atom stereocenters. The predicted octanol–water partition coefficient (Wildman–Crippen LogP) is 1.14. The number of rotatable bonds is 8. The largest absolute Gasteiger partial charge is 0.480 e. The molecule has 0 radical (unpaired) electrons. The number of anilines is 1. The molecule has 0 aromatic heterocycles. The maximum absolute atomic E-state index is 11.1. The normalized spacial score (nSPS) is 13.1. The number of carbonyl (C=O) groups is 1. The van der Waals surface area contributed by atoms with Gasteiger partial charge in [-0.3, -0.25) is 24.4 Å². The minimum Gasteiger partial charge on any atom is -0.480 e. The molecule has 0 amide bonds. The third-order valence-electron chi connectivity index (χ3n) is 2.71. The van der Waals surface area contributed by atoms with Crippen LogP contribution in [0, 0.1) is 20.2 Å². The van der Waals surface area contributed by atoms with Crippen LogP contribution in [0.5, 0.6) is 0 Å². The molecular weight excluding hydrogens is 318 g/mol. The highest BCUT2D eigenvalue weighted by Gasteiger charge is 2.24. The van der Waals surface area contributed by atoms with E-state index in [0.29, 0.717) is 0 Å². The van der Waals surface area contributed by atoms with Crippen LogP contribution in [0.15, 0.2) is 18.2 Å². The summed E-state index contributed by atoms with van der Waals surface area (Å²) in [5.41, 5.74) is -1.22. The number of carboxylic acid groups (broad SMARTS) is 1. The minimum atomic E-state index is -1.27. The summed E-state index contributed by atoms with van der Waals surface area (Å²) in [4.78, 5) is 31.1. The van der Waals surface area contributed by atoms with Gasteiger partial charge in [-0.15, -0.1) is 0 Å². The predicted molar refractivity (Wildman–Crippen MR) is 78.3 cm³/mol. The number of benzene rings is 1. The lowest BCUT2D eigenvalue weighted by atomic mass is 10.2. The van der Waals surface area contributed by atoms with Crippen molar-refractivity contribution in [2.75, 3.05) is 17.3 Å². The van der Waals surface area contributed by atoms with Crippen LogP contribution in [0.1, 0.15) is 6.42 Å². The Bertz CT molecular complexity index is 634. The molecule has 0 saturated carbocycles. The van der Waals surface area contributed by atoms with E-state index in [-0.39, 0.29) is 17.9 Å². The molecule has 0 aliphatic carbocycles. The molecule has 0 bridgehead atoms. The summed E-state index contributed by atoms with van der Waals surface area (Å²) in [7, 11) is -1.21.